The first-order valence-corrected chi connectivity index (χ1v) is 6.51. The Morgan fingerprint density at radius 2 is 1.84 bits per heavy atom. The van der Waals surface area contributed by atoms with Crippen LogP contribution in [0.15, 0.2) is 23.0 Å². The Morgan fingerprint density at radius 3 is 2.42 bits per heavy atom. The summed E-state index contributed by atoms with van der Waals surface area (Å²) in [5.74, 6) is 1.72. The lowest BCUT2D eigenvalue weighted by atomic mass is 9.89. The predicted molar refractivity (Wildman–Crippen MR) is 77.2 cm³/mol. The van der Waals surface area contributed by atoms with Crippen LogP contribution in [0.5, 0.6) is 0 Å². The standard InChI is InChI=1S/C13H17BClNO3/c1-12(2)13(3,4)19-14(18-12)6-5-9-7-10(15)8-16-11(9)17/h5-8H,1-4H3,(H,16,17)/b6-5+. The summed E-state index contributed by atoms with van der Waals surface area (Å²) in [4.78, 5) is 14.1. The van der Waals surface area contributed by atoms with Crippen LogP contribution < -0.4 is 5.56 Å². The molecule has 1 aliphatic heterocycles. The first-order chi connectivity index (χ1) is 8.71. The van der Waals surface area contributed by atoms with E-state index in [1.807, 2.05) is 27.7 Å². The first-order valence-electron chi connectivity index (χ1n) is 6.13. The average molecular weight is 282 g/mol. The Morgan fingerprint density at radius 1 is 1.26 bits per heavy atom. The van der Waals surface area contributed by atoms with E-state index in [0.717, 1.165) is 0 Å². The minimum Gasteiger partial charge on any atom is -0.400 e. The van der Waals surface area contributed by atoms with E-state index in [1.54, 1.807) is 18.1 Å². The lowest BCUT2D eigenvalue weighted by molar-refractivity contribution is 0.00578. The molecule has 102 valence electrons. The van der Waals surface area contributed by atoms with Crippen molar-refractivity contribution >= 4 is 24.8 Å². The second kappa shape index (κ2) is 4.82. The first kappa shape index (κ1) is 14.4. The number of aromatic amines is 1. The van der Waals surface area contributed by atoms with Crippen LogP contribution in [0.25, 0.3) is 6.08 Å². The van der Waals surface area contributed by atoms with Crippen molar-refractivity contribution in [2.45, 2.75) is 38.9 Å². The van der Waals surface area contributed by atoms with Gasteiger partial charge in [-0.3, -0.25) is 4.79 Å². The summed E-state index contributed by atoms with van der Waals surface area (Å²) in [6.07, 6.45) is 3.11. The third kappa shape index (κ3) is 2.94. The van der Waals surface area contributed by atoms with Crippen LogP contribution in [-0.2, 0) is 9.31 Å². The molecule has 1 aliphatic rings. The van der Waals surface area contributed by atoms with Crippen molar-refractivity contribution in [3.63, 3.8) is 0 Å². The van der Waals surface area contributed by atoms with Crippen LogP contribution >= 0.6 is 11.6 Å². The predicted octanol–water partition coefficient (Wildman–Crippen LogP) is 2.67. The molecule has 0 atom stereocenters. The van der Waals surface area contributed by atoms with E-state index in [4.69, 9.17) is 20.9 Å². The van der Waals surface area contributed by atoms with Crippen LogP contribution in [0.1, 0.15) is 33.3 Å². The molecule has 0 aromatic carbocycles. The fourth-order valence-electron chi connectivity index (χ4n) is 1.75. The van der Waals surface area contributed by atoms with E-state index >= 15 is 0 Å². The number of halogens is 1. The quantitative estimate of drug-likeness (QED) is 0.848. The van der Waals surface area contributed by atoms with Crippen molar-refractivity contribution < 1.29 is 9.31 Å². The molecular weight excluding hydrogens is 264 g/mol. The van der Waals surface area contributed by atoms with Gasteiger partial charge in [-0.05, 0) is 33.8 Å². The van der Waals surface area contributed by atoms with Crippen LogP contribution in [0.3, 0.4) is 0 Å². The average Bonchev–Trinajstić information content (AvgIpc) is 2.49. The van der Waals surface area contributed by atoms with Gasteiger partial charge >= 0.3 is 7.12 Å². The molecule has 2 rings (SSSR count). The zero-order valence-corrected chi connectivity index (χ0v) is 12.2. The Hall–Kier alpha value is -1.04. The molecule has 0 aliphatic carbocycles. The zero-order valence-electron chi connectivity index (χ0n) is 11.5. The highest BCUT2D eigenvalue weighted by atomic mass is 35.5. The lowest BCUT2D eigenvalue weighted by Crippen LogP contribution is -2.41. The maximum atomic E-state index is 11.6. The minimum absolute atomic E-state index is 0.197. The molecule has 1 aromatic heterocycles. The maximum absolute atomic E-state index is 11.6. The van der Waals surface area contributed by atoms with E-state index < -0.39 is 7.12 Å². The second-order valence-corrected chi connectivity index (χ2v) is 6.02. The molecule has 4 nitrogen and oxygen atoms in total. The number of hydrogen-bond acceptors (Lipinski definition) is 3. The SMILES string of the molecule is CC1(C)OB(/C=C/c2cc(Cl)c[nH]c2=O)OC1(C)C. The molecule has 1 saturated heterocycles. The molecular formula is C13H17BClNO3. The van der Waals surface area contributed by atoms with Gasteiger partial charge in [0.25, 0.3) is 5.56 Å². The minimum atomic E-state index is -0.469. The number of pyridine rings is 1. The molecule has 0 spiro atoms. The Labute approximate surface area is 117 Å². The smallest absolute Gasteiger partial charge is 0.400 e. The number of nitrogens with one attached hydrogen (secondary N) is 1. The fourth-order valence-corrected chi connectivity index (χ4v) is 1.92. The third-order valence-corrected chi connectivity index (χ3v) is 3.82. The summed E-state index contributed by atoms with van der Waals surface area (Å²) < 4.78 is 11.6. The van der Waals surface area contributed by atoms with Gasteiger partial charge in [0.05, 0.1) is 16.2 Å². The summed E-state index contributed by atoms with van der Waals surface area (Å²) in [6.45, 7) is 7.92. The van der Waals surface area contributed by atoms with Crippen molar-refractivity contribution in [2.24, 2.45) is 0 Å². The Bertz CT molecular complexity index is 549. The van der Waals surface area contributed by atoms with Gasteiger partial charge in [0.1, 0.15) is 0 Å². The third-order valence-electron chi connectivity index (χ3n) is 3.60. The number of rotatable bonds is 2. The molecule has 0 unspecified atom stereocenters. The van der Waals surface area contributed by atoms with Crippen molar-refractivity contribution in [3.05, 3.63) is 39.2 Å². The molecule has 6 heteroatoms. The molecule has 1 N–H and O–H groups in total. The number of hydrogen-bond donors (Lipinski definition) is 1. The Balaban J connectivity index is 2.17. The summed E-state index contributed by atoms with van der Waals surface area (Å²) in [6, 6.07) is 1.60. The van der Waals surface area contributed by atoms with Crippen LogP contribution in [-0.4, -0.2) is 23.3 Å². The summed E-state index contributed by atoms with van der Waals surface area (Å²) in [7, 11) is -0.469. The fraction of sp³-hybridized carbons (Fsp3) is 0.462. The molecule has 1 aromatic rings. The normalized spacial score (nSPS) is 21.2. The van der Waals surface area contributed by atoms with Gasteiger partial charge in [0.15, 0.2) is 0 Å². The number of H-pyrrole nitrogens is 1. The highest BCUT2D eigenvalue weighted by Crippen LogP contribution is 2.36. The zero-order chi connectivity index (χ0) is 14.3. The van der Waals surface area contributed by atoms with Crippen LogP contribution in [0.4, 0.5) is 0 Å². The van der Waals surface area contributed by atoms with Gasteiger partial charge in [-0.1, -0.05) is 23.7 Å². The van der Waals surface area contributed by atoms with Crippen LogP contribution in [0.2, 0.25) is 5.02 Å². The van der Waals surface area contributed by atoms with Gasteiger partial charge in [0.2, 0.25) is 0 Å². The molecule has 0 bridgehead atoms. The van der Waals surface area contributed by atoms with Gasteiger partial charge in [-0.25, -0.2) is 0 Å². The molecule has 0 radical (unpaired) electrons. The van der Waals surface area contributed by atoms with Gasteiger partial charge in [-0.2, -0.15) is 0 Å². The molecule has 0 saturated carbocycles. The maximum Gasteiger partial charge on any atom is 0.487 e. The Kier molecular flexibility index (Phi) is 3.64. The molecule has 19 heavy (non-hydrogen) atoms. The van der Waals surface area contributed by atoms with Gasteiger partial charge in [0, 0.05) is 11.8 Å². The highest BCUT2D eigenvalue weighted by Gasteiger charge is 2.49. The largest absolute Gasteiger partial charge is 0.487 e. The molecule has 0 amide bonds. The van der Waals surface area contributed by atoms with Crippen molar-refractivity contribution in [3.8, 4) is 0 Å². The van der Waals surface area contributed by atoms with E-state index in [0.29, 0.717) is 10.6 Å². The van der Waals surface area contributed by atoms with Gasteiger partial charge in [-0.15, -0.1) is 0 Å². The highest BCUT2D eigenvalue weighted by molar-refractivity contribution is 6.52. The van der Waals surface area contributed by atoms with Crippen molar-refractivity contribution in [1.29, 1.82) is 0 Å². The molecule has 2 heterocycles. The van der Waals surface area contributed by atoms with E-state index in [1.165, 1.54) is 6.20 Å². The monoisotopic (exact) mass is 281 g/mol. The second-order valence-electron chi connectivity index (χ2n) is 5.59. The van der Waals surface area contributed by atoms with Crippen molar-refractivity contribution in [2.75, 3.05) is 0 Å². The van der Waals surface area contributed by atoms with E-state index in [-0.39, 0.29) is 16.8 Å². The summed E-state index contributed by atoms with van der Waals surface area (Å²) >= 11 is 5.84. The topological polar surface area (TPSA) is 51.3 Å². The van der Waals surface area contributed by atoms with Crippen molar-refractivity contribution in [1.82, 2.24) is 4.98 Å². The lowest BCUT2D eigenvalue weighted by Gasteiger charge is -2.32. The summed E-state index contributed by atoms with van der Waals surface area (Å²) in [5, 5.41) is 0.480. The van der Waals surface area contributed by atoms with Gasteiger partial charge < -0.3 is 14.3 Å². The van der Waals surface area contributed by atoms with E-state index in [2.05, 4.69) is 4.98 Å². The van der Waals surface area contributed by atoms with Crippen LogP contribution in [0, 0.1) is 0 Å². The van der Waals surface area contributed by atoms with E-state index in [9.17, 15) is 4.79 Å². The number of aromatic nitrogens is 1. The summed E-state index contributed by atoms with van der Waals surface area (Å²) in [5.41, 5.74) is -0.495. The molecule has 1 fully saturated rings.